The number of hydrogen-bond donors (Lipinski definition) is 2. The number of benzene rings is 1. The van der Waals surface area contributed by atoms with Crippen molar-refractivity contribution in [2.45, 2.75) is 20.8 Å². The van der Waals surface area contributed by atoms with Crippen molar-refractivity contribution >= 4 is 11.7 Å². The van der Waals surface area contributed by atoms with E-state index in [0.29, 0.717) is 12.6 Å². The van der Waals surface area contributed by atoms with Gasteiger partial charge in [-0.1, -0.05) is 20.8 Å². The summed E-state index contributed by atoms with van der Waals surface area (Å²) in [7, 11) is 0. The summed E-state index contributed by atoms with van der Waals surface area (Å²) >= 11 is 0. The van der Waals surface area contributed by atoms with Gasteiger partial charge in [0.05, 0.1) is 11.3 Å². The van der Waals surface area contributed by atoms with E-state index in [9.17, 15) is 13.6 Å². The Kier molecular flexibility index (Phi) is 3.70. The van der Waals surface area contributed by atoms with Gasteiger partial charge in [0.15, 0.2) is 0 Å². The van der Waals surface area contributed by atoms with Crippen molar-refractivity contribution in [3.63, 3.8) is 0 Å². The van der Waals surface area contributed by atoms with E-state index >= 15 is 0 Å². The smallest absolute Gasteiger partial charge is 0.338 e. The number of halogens is 2. The van der Waals surface area contributed by atoms with Gasteiger partial charge in [-0.25, -0.2) is 13.6 Å². The summed E-state index contributed by atoms with van der Waals surface area (Å²) in [5.41, 5.74) is -0.633. The molecule has 0 amide bonds. The van der Waals surface area contributed by atoms with Crippen molar-refractivity contribution in [3.8, 4) is 0 Å². The first-order chi connectivity index (χ1) is 7.70. The molecule has 0 spiro atoms. The van der Waals surface area contributed by atoms with E-state index in [4.69, 9.17) is 5.11 Å². The standard InChI is InChI=1S/C12H15F2NO2/c1-12(2,3)6-15-10-4-7(11(16)17)8(13)5-9(10)14/h4-5,15H,6H2,1-3H3,(H,16,17). The minimum Gasteiger partial charge on any atom is -0.478 e. The van der Waals surface area contributed by atoms with Crippen molar-refractivity contribution in [2.24, 2.45) is 5.41 Å². The fourth-order valence-corrected chi connectivity index (χ4v) is 1.21. The van der Waals surface area contributed by atoms with Crippen molar-refractivity contribution in [3.05, 3.63) is 29.3 Å². The van der Waals surface area contributed by atoms with Gasteiger partial charge in [0.1, 0.15) is 11.6 Å². The lowest BCUT2D eigenvalue weighted by molar-refractivity contribution is 0.0692. The second-order valence-corrected chi connectivity index (χ2v) is 5.03. The predicted octanol–water partition coefficient (Wildman–Crippen LogP) is 3.12. The van der Waals surface area contributed by atoms with Gasteiger partial charge < -0.3 is 10.4 Å². The Hall–Kier alpha value is -1.65. The Balaban J connectivity index is 3.00. The SMILES string of the molecule is CC(C)(C)CNc1cc(C(=O)O)c(F)cc1F. The van der Waals surface area contributed by atoms with Crippen LogP contribution in [0.25, 0.3) is 0 Å². The zero-order valence-electron chi connectivity index (χ0n) is 9.97. The lowest BCUT2D eigenvalue weighted by Gasteiger charge is -2.20. The number of anilines is 1. The summed E-state index contributed by atoms with van der Waals surface area (Å²) in [6.07, 6.45) is 0. The van der Waals surface area contributed by atoms with Crippen molar-refractivity contribution in [1.82, 2.24) is 0 Å². The molecule has 0 radical (unpaired) electrons. The molecule has 1 rings (SSSR count). The largest absolute Gasteiger partial charge is 0.478 e. The average Bonchev–Trinajstić information content (AvgIpc) is 2.14. The van der Waals surface area contributed by atoms with E-state index in [1.807, 2.05) is 20.8 Å². The zero-order chi connectivity index (χ0) is 13.2. The zero-order valence-corrected chi connectivity index (χ0v) is 9.97. The average molecular weight is 243 g/mol. The predicted molar refractivity (Wildman–Crippen MR) is 61.3 cm³/mol. The van der Waals surface area contributed by atoms with Crippen LogP contribution in [0.5, 0.6) is 0 Å². The summed E-state index contributed by atoms with van der Waals surface area (Å²) < 4.78 is 26.5. The summed E-state index contributed by atoms with van der Waals surface area (Å²) in [5, 5.41) is 11.5. The number of hydrogen-bond acceptors (Lipinski definition) is 2. The van der Waals surface area contributed by atoms with E-state index in [-0.39, 0.29) is 11.1 Å². The van der Waals surface area contributed by atoms with Gasteiger partial charge in [-0.3, -0.25) is 0 Å². The van der Waals surface area contributed by atoms with Crippen molar-refractivity contribution in [1.29, 1.82) is 0 Å². The maximum Gasteiger partial charge on any atom is 0.338 e. The summed E-state index contributed by atoms with van der Waals surface area (Å²) in [6.45, 7) is 6.28. The lowest BCUT2D eigenvalue weighted by atomic mass is 9.97. The topological polar surface area (TPSA) is 49.3 Å². The van der Waals surface area contributed by atoms with Crippen LogP contribution >= 0.6 is 0 Å². The van der Waals surface area contributed by atoms with Crippen LogP contribution in [0.15, 0.2) is 12.1 Å². The van der Waals surface area contributed by atoms with E-state index in [1.54, 1.807) is 0 Å². The van der Waals surface area contributed by atoms with Crippen LogP contribution in [-0.2, 0) is 0 Å². The maximum absolute atomic E-state index is 13.4. The summed E-state index contributed by atoms with van der Waals surface area (Å²) in [6, 6.07) is 1.55. The van der Waals surface area contributed by atoms with Gasteiger partial charge in [0.25, 0.3) is 0 Å². The number of carboxylic acid groups (broad SMARTS) is 1. The third-order valence-electron chi connectivity index (χ3n) is 2.10. The van der Waals surface area contributed by atoms with Crippen LogP contribution < -0.4 is 5.32 Å². The molecule has 1 aromatic carbocycles. The van der Waals surface area contributed by atoms with Gasteiger partial charge in [-0.2, -0.15) is 0 Å². The van der Waals surface area contributed by atoms with Crippen LogP contribution in [0.4, 0.5) is 14.5 Å². The van der Waals surface area contributed by atoms with Gasteiger partial charge in [0, 0.05) is 12.6 Å². The van der Waals surface area contributed by atoms with E-state index < -0.39 is 23.2 Å². The van der Waals surface area contributed by atoms with Gasteiger partial charge in [0.2, 0.25) is 0 Å². The molecule has 3 nitrogen and oxygen atoms in total. The molecule has 0 aliphatic heterocycles. The number of nitrogens with one attached hydrogen (secondary N) is 1. The maximum atomic E-state index is 13.4. The van der Waals surface area contributed by atoms with Crippen LogP contribution in [0.3, 0.4) is 0 Å². The van der Waals surface area contributed by atoms with Crippen LogP contribution in [0.2, 0.25) is 0 Å². The molecular formula is C12H15F2NO2. The molecule has 1 aromatic rings. The normalized spacial score (nSPS) is 11.4. The number of carbonyl (C=O) groups is 1. The minimum atomic E-state index is -1.42. The highest BCUT2D eigenvalue weighted by Gasteiger charge is 2.16. The molecule has 0 bridgehead atoms. The first kappa shape index (κ1) is 13.4. The Morgan fingerprint density at radius 1 is 1.29 bits per heavy atom. The number of aromatic carboxylic acids is 1. The molecule has 2 N–H and O–H groups in total. The second-order valence-electron chi connectivity index (χ2n) is 5.03. The third kappa shape index (κ3) is 3.69. The van der Waals surface area contributed by atoms with E-state index in [0.717, 1.165) is 6.07 Å². The molecule has 0 aromatic heterocycles. The van der Waals surface area contributed by atoms with Crippen LogP contribution in [0, 0.1) is 17.0 Å². The first-order valence-corrected chi connectivity index (χ1v) is 5.17. The fraction of sp³-hybridized carbons (Fsp3) is 0.417. The Labute approximate surface area is 98.5 Å². The molecule has 0 aliphatic carbocycles. The van der Waals surface area contributed by atoms with Crippen molar-refractivity contribution in [2.75, 3.05) is 11.9 Å². The minimum absolute atomic E-state index is 0.00118. The molecule has 0 saturated carbocycles. The molecular weight excluding hydrogens is 228 g/mol. The molecule has 5 heteroatoms. The number of carboxylic acids is 1. The van der Waals surface area contributed by atoms with Gasteiger partial charge in [-0.15, -0.1) is 0 Å². The molecule has 0 atom stereocenters. The molecule has 0 unspecified atom stereocenters. The Morgan fingerprint density at radius 2 is 1.88 bits per heavy atom. The highest BCUT2D eigenvalue weighted by Crippen LogP contribution is 2.22. The third-order valence-corrected chi connectivity index (χ3v) is 2.10. The Bertz CT molecular complexity index is 439. The highest BCUT2D eigenvalue weighted by molar-refractivity contribution is 5.89. The molecule has 0 fully saturated rings. The van der Waals surface area contributed by atoms with Gasteiger partial charge >= 0.3 is 5.97 Å². The fourth-order valence-electron chi connectivity index (χ4n) is 1.21. The monoisotopic (exact) mass is 243 g/mol. The van der Waals surface area contributed by atoms with Crippen molar-refractivity contribution < 1.29 is 18.7 Å². The first-order valence-electron chi connectivity index (χ1n) is 5.17. The number of rotatable bonds is 3. The molecule has 0 saturated heterocycles. The molecule has 0 aliphatic rings. The second kappa shape index (κ2) is 4.69. The summed E-state index contributed by atoms with van der Waals surface area (Å²) in [5.74, 6) is -3.28. The van der Waals surface area contributed by atoms with Gasteiger partial charge in [-0.05, 0) is 11.5 Å². The van der Waals surface area contributed by atoms with Crippen LogP contribution in [0.1, 0.15) is 31.1 Å². The van der Waals surface area contributed by atoms with Crippen LogP contribution in [-0.4, -0.2) is 17.6 Å². The lowest BCUT2D eigenvalue weighted by Crippen LogP contribution is -2.20. The molecule has 0 heterocycles. The Morgan fingerprint density at radius 3 is 2.35 bits per heavy atom. The molecule has 17 heavy (non-hydrogen) atoms. The molecule has 94 valence electrons. The van der Waals surface area contributed by atoms with E-state index in [2.05, 4.69) is 5.32 Å². The quantitative estimate of drug-likeness (QED) is 0.857. The highest BCUT2D eigenvalue weighted by atomic mass is 19.1. The van der Waals surface area contributed by atoms with E-state index in [1.165, 1.54) is 0 Å². The summed E-state index contributed by atoms with van der Waals surface area (Å²) in [4.78, 5) is 10.7.